The smallest absolute Gasteiger partial charge is 0.344 e. The molecule has 5 heteroatoms. The van der Waals surface area contributed by atoms with Crippen LogP contribution >= 0.6 is 0 Å². The lowest BCUT2D eigenvalue weighted by Gasteiger charge is -2.11. The highest BCUT2D eigenvalue weighted by molar-refractivity contribution is 5.99. The van der Waals surface area contributed by atoms with Crippen LogP contribution in [0.3, 0.4) is 0 Å². The van der Waals surface area contributed by atoms with Gasteiger partial charge >= 0.3 is 5.97 Å². The normalized spacial score (nSPS) is 13.5. The summed E-state index contributed by atoms with van der Waals surface area (Å²) in [5.41, 5.74) is 4.59. The number of ether oxygens (including phenoxy) is 2. The highest BCUT2D eigenvalue weighted by Crippen LogP contribution is 2.38. The predicted molar refractivity (Wildman–Crippen MR) is 98.9 cm³/mol. The van der Waals surface area contributed by atoms with Crippen molar-refractivity contribution >= 4 is 11.8 Å². The van der Waals surface area contributed by atoms with Gasteiger partial charge in [0.2, 0.25) is 5.78 Å². The number of carbonyl (C=O) groups excluding carboxylic acids is 2. The van der Waals surface area contributed by atoms with Gasteiger partial charge in [-0.2, -0.15) is 0 Å². The molecule has 1 saturated carbocycles. The van der Waals surface area contributed by atoms with Crippen molar-refractivity contribution in [3.63, 3.8) is 0 Å². The summed E-state index contributed by atoms with van der Waals surface area (Å²) in [5.74, 6) is -0.0359. The van der Waals surface area contributed by atoms with E-state index in [9.17, 15) is 9.59 Å². The Balaban J connectivity index is 1.55. The van der Waals surface area contributed by atoms with E-state index in [-0.39, 0.29) is 19.0 Å². The monoisotopic (exact) mass is 355 g/mol. The van der Waals surface area contributed by atoms with Gasteiger partial charge in [0, 0.05) is 23.0 Å². The average molecular weight is 355 g/mol. The zero-order chi connectivity index (χ0) is 18.8. The van der Waals surface area contributed by atoms with Crippen LogP contribution in [0.25, 0.3) is 0 Å². The van der Waals surface area contributed by atoms with E-state index >= 15 is 0 Å². The molecule has 138 valence electrons. The van der Waals surface area contributed by atoms with E-state index < -0.39 is 5.97 Å². The van der Waals surface area contributed by atoms with Crippen LogP contribution < -0.4 is 4.74 Å². The fourth-order valence-electron chi connectivity index (χ4n) is 3.38. The van der Waals surface area contributed by atoms with Gasteiger partial charge in [0.25, 0.3) is 0 Å². The molecule has 0 bridgehead atoms. The topological polar surface area (TPSA) is 57.5 Å². The van der Waals surface area contributed by atoms with Gasteiger partial charge in [-0.25, -0.2) is 4.79 Å². The molecule has 0 radical (unpaired) electrons. The fraction of sp³-hybridized carbons (Fsp3) is 0.429. The van der Waals surface area contributed by atoms with E-state index in [2.05, 4.69) is 4.57 Å². The first-order valence-corrected chi connectivity index (χ1v) is 8.94. The summed E-state index contributed by atoms with van der Waals surface area (Å²) in [6.07, 6.45) is 2.32. The molecular weight excluding hydrogens is 330 g/mol. The second-order valence-corrected chi connectivity index (χ2v) is 6.98. The lowest BCUT2D eigenvalue weighted by Crippen LogP contribution is -2.20. The lowest BCUT2D eigenvalue weighted by atomic mass is 10.1. The molecule has 0 spiro atoms. The molecule has 3 rings (SSSR count). The Hall–Kier alpha value is -2.56. The molecule has 0 saturated heterocycles. The van der Waals surface area contributed by atoms with Gasteiger partial charge in [0.1, 0.15) is 5.75 Å². The fourth-order valence-corrected chi connectivity index (χ4v) is 3.38. The van der Waals surface area contributed by atoms with E-state index in [0.717, 1.165) is 35.4 Å². The van der Waals surface area contributed by atoms with Crippen LogP contribution in [-0.2, 0) is 9.53 Å². The number of esters is 1. The van der Waals surface area contributed by atoms with E-state index in [1.54, 1.807) is 0 Å². The van der Waals surface area contributed by atoms with Crippen molar-refractivity contribution in [1.82, 2.24) is 4.57 Å². The number of ketones is 1. The molecule has 0 atom stereocenters. The highest BCUT2D eigenvalue weighted by Gasteiger charge is 2.28. The first-order valence-electron chi connectivity index (χ1n) is 8.94. The minimum atomic E-state index is -0.544. The number of hydrogen-bond donors (Lipinski definition) is 0. The quantitative estimate of drug-likeness (QED) is 0.559. The Labute approximate surface area is 153 Å². The van der Waals surface area contributed by atoms with E-state index in [1.807, 2.05) is 52.0 Å². The van der Waals surface area contributed by atoms with Gasteiger partial charge in [-0.1, -0.05) is 18.2 Å². The zero-order valence-corrected chi connectivity index (χ0v) is 15.8. The third kappa shape index (κ3) is 3.82. The molecule has 0 amide bonds. The van der Waals surface area contributed by atoms with Gasteiger partial charge in [-0.3, -0.25) is 4.79 Å². The van der Waals surface area contributed by atoms with E-state index in [0.29, 0.717) is 17.4 Å². The van der Waals surface area contributed by atoms with Crippen LogP contribution in [0.4, 0.5) is 0 Å². The van der Waals surface area contributed by atoms with Crippen LogP contribution in [0, 0.1) is 27.7 Å². The Bertz CT molecular complexity index is 826. The summed E-state index contributed by atoms with van der Waals surface area (Å²) in [6, 6.07) is 8.19. The Morgan fingerprint density at radius 3 is 2.35 bits per heavy atom. The number of carbonyl (C=O) groups is 2. The largest absolute Gasteiger partial charge is 0.481 e. The molecular formula is C21H25NO4. The highest BCUT2D eigenvalue weighted by atomic mass is 16.6. The van der Waals surface area contributed by atoms with E-state index in [1.165, 1.54) is 0 Å². The Morgan fingerprint density at radius 1 is 1.08 bits per heavy atom. The molecule has 5 nitrogen and oxygen atoms in total. The molecule has 0 N–H and O–H groups in total. The summed E-state index contributed by atoms with van der Waals surface area (Å²) in [4.78, 5) is 24.4. The van der Waals surface area contributed by atoms with Crippen LogP contribution in [-0.4, -0.2) is 29.5 Å². The summed E-state index contributed by atoms with van der Waals surface area (Å²) in [5, 5.41) is 0. The number of benzene rings is 1. The molecule has 0 aliphatic heterocycles. The maximum atomic E-state index is 12.4. The SMILES string of the molecule is Cc1cccc(C)c1OCC(=O)OCC(=O)c1cc(C)n(C2CC2)c1C. The third-order valence-electron chi connectivity index (χ3n) is 4.80. The number of para-hydroxylation sites is 1. The van der Waals surface area contributed by atoms with Crippen molar-refractivity contribution in [1.29, 1.82) is 0 Å². The number of Topliss-reactive ketones (excluding diaryl/α,β-unsaturated/α-hetero) is 1. The van der Waals surface area contributed by atoms with Gasteiger partial charge in [0.15, 0.2) is 13.2 Å². The summed E-state index contributed by atoms with van der Waals surface area (Å²) >= 11 is 0. The van der Waals surface area contributed by atoms with Crippen molar-refractivity contribution in [3.05, 3.63) is 52.3 Å². The minimum absolute atomic E-state index is 0.176. The average Bonchev–Trinajstić information content (AvgIpc) is 3.37. The van der Waals surface area contributed by atoms with Crippen molar-refractivity contribution in [2.75, 3.05) is 13.2 Å². The molecule has 2 aromatic rings. The third-order valence-corrected chi connectivity index (χ3v) is 4.80. The predicted octanol–water partition coefficient (Wildman–Crippen LogP) is 3.86. The Kier molecular flexibility index (Phi) is 5.16. The zero-order valence-electron chi connectivity index (χ0n) is 15.8. The summed E-state index contributed by atoms with van der Waals surface area (Å²) < 4.78 is 12.9. The molecule has 1 heterocycles. The lowest BCUT2D eigenvalue weighted by molar-refractivity contribution is -0.144. The summed E-state index contributed by atoms with van der Waals surface area (Å²) in [7, 11) is 0. The number of nitrogens with zero attached hydrogens (tertiary/aromatic N) is 1. The minimum Gasteiger partial charge on any atom is -0.481 e. The Morgan fingerprint density at radius 2 is 1.73 bits per heavy atom. The number of hydrogen-bond acceptors (Lipinski definition) is 4. The molecule has 1 fully saturated rings. The molecule has 1 aromatic carbocycles. The number of aryl methyl sites for hydroxylation is 3. The van der Waals surface area contributed by atoms with Gasteiger partial charge in [-0.05, 0) is 57.7 Å². The van der Waals surface area contributed by atoms with Gasteiger partial charge in [0.05, 0.1) is 0 Å². The van der Waals surface area contributed by atoms with Crippen molar-refractivity contribution in [2.24, 2.45) is 0 Å². The number of aromatic nitrogens is 1. The molecule has 26 heavy (non-hydrogen) atoms. The molecule has 0 unspecified atom stereocenters. The first-order chi connectivity index (χ1) is 12.4. The van der Waals surface area contributed by atoms with Crippen LogP contribution in [0.2, 0.25) is 0 Å². The van der Waals surface area contributed by atoms with E-state index in [4.69, 9.17) is 9.47 Å². The first kappa shape index (κ1) is 18.2. The molecule has 1 aliphatic rings. The van der Waals surface area contributed by atoms with Crippen LogP contribution in [0.5, 0.6) is 5.75 Å². The second kappa shape index (κ2) is 7.36. The van der Waals surface area contributed by atoms with Crippen molar-refractivity contribution < 1.29 is 19.1 Å². The second-order valence-electron chi connectivity index (χ2n) is 6.98. The number of rotatable bonds is 7. The van der Waals surface area contributed by atoms with Crippen molar-refractivity contribution in [2.45, 2.75) is 46.6 Å². The maximum Gasteiger partial charge on any atom is 0.344 e. The van der Waals surface area contributed by atoms with Gasteiger partial charge < -0.3 is 14.0 Å². The maximum absolute atomic E-state index is 12.4. The summed E-state index contributed by atoms with van der Waals surface area (Å²) in [6.45, 7) is 7.33. The van der Waals surface area contributed by atoms with Crippen molar-refractivity contribution in [3.8, 4) is 5.75 Å². The van der Waals surface area contributed by atoms with Gasteiger partial charge in [-0.15, -0.1) is 0 Å². The van der Waals surface area contributed by atoms with Crippen LogP contribution in [0.15, 0.2) is 24.3 Å². The standard InChI is InChI=1S/C21H25NO4/c1-13-6-5-7-14(2)21(13)26-12-20(24)25-11-19(23)18-10-15(3)22(16(18)4)17-8-9-17/h5-7,10,17H,8-9,11-12H2,1-4H3. The molecule has 1 aliphatic carbocycles. The van der Waals surface area contributed by atoms with Crippen LogP contribution in [0.1, 0.15) is 51.8 Å². The molecule has 1 aromatic heterocycles.